The Labute approximate surface area is 116 Å². The van der Waals surface area contributed by atoms with Gasteiger partial charge < -0.3 is 10.2 Å². The van der Waals surface area contributed by atoms with E-state index in [2.05, 4.69) is 22.2 Å². The Kier molecular flexibility index (Phi) is 4.55. The van der Waals surface area contributed by atoms with Crippen molar-refractivity contribution in [1.29, 1.82) is 0 Å². The van der Waals surface area contributed by atoms with Crippen molar-refractivity contribution in [2.75, 3.05) is 32.0 Å². The average Bonchev–Trinajstić information content (AvgIpc) is 2.36. The second-order valence-corrected chi connectivity index (χ2v) is 5.30. The summed E-state index contributed by atoms with van der Waals surface area (Å²) in [6, 6.07) is 2.81. The van der Waals surface area contributed by atoms with Crippen LogP contribution in [-0.4, -0.2) is 41.5 Å². The fourth-order valence-corrected chi connectivity index (χ4v) is 2.53. The van der Waals surface area contributed by atoms with E-state index in [9.17, 15) is 10.1 Å². The minimum absolute atomic E-state index is 0.0337. The Balaban J connectivity index is 2.02. The molecule has 1 aliphatic heterocycles. The van der Waals surface area contributed by atoms with Gasteiger partial charge in [0.25, 0.3) is 0 Å². The summed E-state index contributed by atoms with van der Waals surface area (Å²) in [4.78, 5) is 16.7. The highest BCUT2D eigenvalue weighted by Gasteiger charge is 2.20. The molecule has 7 heteroatoms. The van der Waals surface area contributed by atoms with Crippen LogP contribution in [0.15, 0.2) is 12.1 Å². The van der Waals surface area contributed by atoms with Crippen molar-refractivity contribution >= 4 is 23.1 Å². The number of anilines is 1. The molecule has 6 nitrogen and oxygen atoms in total. The molecule has 1 atom stereocenters. The van der Waals surface area contributed by atoms with Gasteiger partial charge >= 0.3 is 5.69 Å². The highest BCUT2D eigenvalue weighted by molar-refractivity contribution is 6.29. The fourth-order valence-electron chi connectivity index (χ4n) is 2.39. The third-order valence-corrected chi connectivity index (χ3v) is 3.53. The van der Waals surface area contributed by atoms with Gasteiger partial charge in [0, 0.05) is 19.2 Å². The van der Waals surface area contributed by atoms with Crippen molar-refractivity contribution in [2.45, 2.75) is 12.8 Å². The molecular formula is C12H17ClN4O2. The van der Waals surface area contributed by atoms with Gasteiger partial charge in [0.1, 0.15) is 5.15 Å². The molecule has 1 saturated heterocycles. The monoisotopic (exact) mass is 284 g/mol. The van der Waals surface area contributed by atoms with Crippen LogP contribution in [-0.2, 0) is 0 Å². The molecule has 1 aromatic heterocycles. The summed E-state index contributed by atoms with van der Waals surface area (Å²) in [5.41, 5.74) is -0.0337. The van der Waals surface area contributed by atoms with E-state index in [1.54, 1.807) is 0 Å². The van der Waals surface area contributed by atoms with Crippen LogP contribution in [0.5, 0.6) is 0 Å². The minimum Gasteiger partial charge on any atom is -0.364 e. The first-order valence-corrected chi connectivity index (χ1v) is 6.67. The maximum Gasteiger partial charge on any atom is 0.311 e. The Morgan fingerprint density at radius 3 is 3.11 bits per heavy atom. The zero-order chi connectivity index (χ0) is 13.8. The van der Waals surface area contributed by atoms with Gasteiger partial charge in [-0.1, -0.05) is 11.6 Å². The SMILES string of the molecule is CN1CCCC(CNc2nc(Cl)ccc2[N+](=O)[O-])C1. The van der Waals surface area contributed by atoms with Crippen LogP contribution in [0.1, 0.15) is 12.8 Å². The molecule has 1 fully saturated rings. The zero-order valence-electron chi connectivity index (χ0n) is 10.8. The Morgan fingerprint density at radius 1 is 1.63 bits per heavy atom. The standard InChI is InChI=1S/C12H17ClN4O2/c1-16-6-2-3-9(8-16)7-14-12-10(17(18)19)4-5-11(13)15-12/h4-5,9H,2-3,6-8H2,1H3,(H,14,15). The molecule has 2 heterocycles. The van der Waals surface area contributed by atoms with E-state index in [0.717, 1.165) is 25.9 Å². The van der Waals surface area contributed by atoms with Crippen molar-refractivity contribution in [3.8, 4) is 0 Å². The number of pyridine rings is 1. The van der Waals surface area contributed by atoms with E-state index in [1.165, 1.54) is 12.1 Å². The lowest BCUT2D eigenvalue weighted by Crippen LogP contribution is -2.35. The van der Waals surface area contributed by atoms with Gasteiger partial charge in [0.15, 0.2) is 0 Å². The normalized spacial score (nSPS) is 20.2. The highest BCUT2D eigenvalue weighted by Crippen LogP contribution is 2.25. The van der Waals surface area contributed by atoms with E-state index in [1.807, 2.05) is 0 Å². The van der Waals surface area contributed by atoms with Crippen molar-refractivity contribution in [2.24, 2.45) is 5.92 Å². The summed E-state index contributed by atoms with van der Waals surface area (Å²) in [7, 11) is 2.09. The Bertz CT molecular complexity index is 469. The van der Waals surface area contributed by atoms with E-state index in [4.69, 9.17) is 11.6 Å². The third kappa shape index (κ3) is 3.78. The number of likely N-dealkylation sites (tertiary alicyclic amines) is 1. The number of nitro groups is 1. The number of nitrogens with one attached hydrogen (secondary N) is 1. The fraction of sp³-hybridized carbons (Fsp3) is 0.583. The average molecular weight is 285 g/mol. The number of aromatic nitrogens is 1. The quantitative estimate of drug-likeness (QED) is 0.522. The van der Waals surface area contributed by atoms with Crippen LogP contribution in [0.3, 0.4) is 0 Å². The molecule has 1 unspecified atom stereocenters. The second-order valence-electron chi connectivity index (χ2n) is 4.91. The van der Waals surface area contributed by atoms with Crippen LogP contribution in [0.2, 0.25) is 5.15 Å². The van der Waals surface area contributed by atoms with Gasteiger partial charge in [-0.2, -0.15) is 0 Å². The van der Waals surface area contributed by atoms with Gasteiger partial charge in [0.2, 0.25) is 5.82 Å². The predicted octanol–water partition coefficient (Wildman–Crippen LogP) is 2.40. The van der Waals surface area contributed by atoms with Crippen LogP contribution in [0, 0.1) is 16.0 Å². The molecule has 0 amide bonds. The van der Waals surface area contributed by atoms with Crippen LogP contribution in [0.4, 0.5) is 11.5 Å². The van der Waals surface area contributed by atoms with Crippen molar-refractivity contribution in [3.63, 3.8) is 0 Å². The van der Waals surface area contributed by atoms with E-state index < -0.39 is 4.92 Å². The largest absolute Gasteiger partial charge is 0.364 e. The minimum atomic E-state index is -0.446. The lowest BCUT2D eigenvalue weighted by atomic mass is 9.98. The van der Waals surface area contributed by atoms with E-state index in [0.29, 0.717) is 12.5 Å². The first-order chi connectivity index (χ1) is 9.06. The molecule has 0 radical (unpaired) electrons. The summed E-state index contributed by atoms with van der Waals surface area (Å²) in [5, 5.41) is 14.2. The lowest BCUT2D eigenvalue weighted by molar-refractivity contribution is -0.384. The highest BCUT2D eigenvalue weighted by atomic mass is 35.5. The Morgan fingerprint density at radius 2 is 2.42 bits per heavy atom. The lowest BCUT2D eigenvalue weighted by Gasteiger charge is -2.29. The molecule has 0 bridgehead atoms. The first kappa shape index (κ1) is 14.0. The second kappa shape index (κ2) is 6.16. The van der Waals surface area contributed by atoms with Crippen LogP contribution < -0.4 is 5.32 Å². The first-order valence-electron chi connectivity index (χ1n) is 6.29. The van der Waals surface area contributed by atoms with Gasteiger partial charge in [-0.25, -0.2) is 4.98 Å². The molecule has 0 spiro atoms. The molecular weight excluding hydrogens is 268 g/mol. The molecule has 2 rings (SSSR count). The van der Waals surface area contributed by atoms with Gasteiger partial charge in [0.05, 0.1) is 4.92 Å². The van der Waals surface area contributed by atoms with E-state index in [-0.39, 0.29) is 16.7 Å². The predicted molar refractivity (Wildman–Crippen MR) is 74.6 cm³/mol. The van der Waals surface area contributed by atoms with Gasteiger partial charge in [-0.3, -0.25) is 10.1 Å². The molecule has 1 aliphatic rings. The number of hydrogen-bond acceptors (Lipinski definition) is 5. The van der Waals surface area contributed by atoms with Crippen molar-refractivity contribution in [3.05, 3.63) is 27.4 Å². The molecule has 0 saturated carbocycles. The maximum absolute atomic E-state index is 10.9. The topological polar surface area (TPSA) is 71.3 Å². The molecule has 19 heavy (non-hydrogen) atoms. The third-order valence-electron chi connectivity index (χ3n) is 3.32. The summed E-state index contributed by atoms with van der Waals surface area (Å²) in [6.45, 7) is 2.80. The van der Waals surface area contributed by atoms with Gasteiger partial charge in [-0.05, 0) is 38.4 Å². The van der Waals surface area contributed by atoms with Gasteiger partial charge in [-0.15, -0.1) is 0 Å². The number of nitrogens with zero attached hydrogens (tertiary/aromatic N) is 3. The summed E-state index contributed by atoms with van der Waals surface area (Å²) in [5.74, 6) is 0.741. The smallest absolute Gasteiger partial charge is 0.311 e. The Hall–Kier alpha value is -1.40. The molecule has 0 aromatic carbocycles. The zero-order valence-corrected chi connectivity index (χ0v) is 11.6. The molecule has 0 aliphatic carbocycles. The number of halogens is 1. The number of hydrogen-bond donors (Lipinski definition) is 1. The number of rotatable bonds is 4. The summed E-state index contributed by atoms with van der Waals surface area (Å²) in [6.07, 6.45) is 2.29. The molecule has 1 N–H and O–H groups in total. The van der Waals surface area contributed by atoms with Crippen molar-refractivity contribution in [1.82, 2.24) is 9.88 Å². The number of piperidine rings is 1. The van der Waals surface area contributed by atoms with Crippen LogP contribution >= 0.6 is 11.6 Å². The summed E-state index contributed by atoms with van der Waals surface area (Å²) >= 11 is 5.78. The molecule has 104 valence electrons. The van der Waals surface area contributed by atoms with Crippen molar-refractivity contribution < 1.29 is 4.92 Å². The van der Waals surface area contributed by atoms with Crippen LogP contribution in [0.25, 0.3) is 0 Å². The summed E-state index contributed by atoms with van der Waals surface area (Å²) < 4.78 is 0. The van der Waals surface area contributed by atoms with E-state index >= 15 is 0 Å². The molecule has 1 aromatic rings. The maximum atomic E-state index is 10.9.